The number of nitrogens with one attached hydrogen (secondary N) is 1. The second-order valence-electron chi connectivity index (χ2n) is 6.08. The minimum atomic E-state index is -0.370. The van der Waals surface area contributed by atoms with Gasteiger partial charge in [0.15, 0.2) is 0 Å². The molecule has 0 atom stereocenters. The van der Waals surface area contributed by atoms with Gasteiger partial charge in [0, 0.05) is 6.54 Å². The van der Waals surface area contributed by atoms with Crippen molar-refractivity contribution in [3.05, 3.63) is 29.9 Å². The number of aromatic nitrogens is 1. The second-order valence-corrected chi connectivity index (χ2v) is 6.08. The van der Waals surface area contributed by atoms with E-state index in [4.69, 9.17) is 14.4 Å². The maximum atomic E-state index is 8.80. The summed E-state index contributed by atoms with van der Waals surface area (Å²) in [6, 6.07) is 5.68. The Bertz CT molecular complexity index is 501. The van der Waals surface area contributed by atoms with Crippen molar-refractivity contribution in [1.82, 2.24) is 4.98 Å². The van der Waals surface area contributed by atoms with E-state index in [0.29, 0.717) is 6.54 Å². The highest BCUT2D eigenvalue weighted by Gasteiger charge is 2.49. The molecular formula is C15H23BN2O3. The van der Waals surface area contributed by atoms with Gasteiger partial charge < -0.3 is 19.7 Å². The van der Waals surface area contributed by atoms with Crippen LogP contribution < -0.4 is 5.32 Å². The second kappa shape index (κ2) is 6.18. The summed E-state index contributed by atoms with van der Waals surface area (Å²) in [7, 11) is -0.370. The molecule has 0 radical (unpaired) electrons. The van der Waals surface area contributed by atoms with Crippen molar-refractivity contribution >= 4 is 19.0 Å². The van der Waals surface area contributed by atoms with Crippen LogP contribution >= 0.6 is 0 Å². The average Bonchev–Trinajstić information content (AvgIpc) is 2.63. The van der Waals surface area contributed by atoms with E-state index in [9.17, 15) is 0 Å². The number of anilines is 1. The summed E-state index contributed by atoms with van der Waals surface area (Å²) < 4.78 is 11.8. The summed E-state index contributed by atoms with van der Waals surface area (Å²) in [6.07, 6.45) is 1.88. The molecule has 5 nitrogen and oxygen atoms in total. The maximum absolute atomic E-state index is 8.80. The lowest BCUT2D eigenvalue weighted by molar-refractivity contribution is 0.00578. The quantitative estimate of drug-likeness (QED) is 0.813. The fraction of sp³-hybridized carbons (Fsp3) is 0.533. The summed E-state index contributed by atoms with van der Waals surface area (Å²) in [4.78, 5) is 4.42. The lowest BCUT2D eigenvalue weighted by atomic mass is 9.89. The Kier molecular flexibility index (Phi) is 4.71. The SMILES string of the molecule is CC1(C)OB(/C=C/c2cccc(NCCO)n2)OC1(C)C. The summed E-state index contributed by atoms with van der Waals surface area (Å²) >= 11 is 0. The number of hydrogen-bond donors (Lipinski definition) is 2. The van der Waals surface area contributed by atoms with Crippen molar-refractivity contribution in [2.24, 2.45) is 0 Å². The molecule has 0 saturated carbocycles. The van der Waals surface area contributed by atoms with Crippen molar-refractivity contribution in [1.29, 1.82) is 0 Å². The van der Waals surface area contributed by atoms with Crippen molar-refractivity contribution < 1.29 is 14.4 Å². The minimum Gasteiger partial charge on any atom is -0.400 e. The first-order valence-electron chi connectivity index (χ1n) is 7.20. The molecular weight excluding hydrogens is 267 g/mol. The molecule has 1 aromatic rings. The number of aliphatic hydroxyl groups is 1. The van der Waals surface area contributed by atoms with E-state index >= 15 is 0 Å². The molecule has 0 bridgehead atoms. The van der Waals surface area contributed by atoms with E-state index in [0.717, 1.165) is 11.5 Å². The first kappa shape index (κ1) is 16.0. The Hall–Kier alpha value is -1.37. The summed E-state index contributed by atoms with van der Waals surface area (Å²) in [5.74, 6) is 2.61. The minimum absolute atomic E-state index is 0.0790. The zero-order valence-corrected chi connectivity index (χ0v) is 13.1. The number of nitrogens with zero attached hydrogens (tertiary/aromatic N) is 1. The molecule has 1 fully saturated rings. The molecule has 0 aromatic carbocycles. The highest BCUT2D eigenvalue weighted by Crippen LogP contribution is 2.36. The van der Waals surface area contributed by atoms with Gasteiger partial charge in [0.2, 0.25) is 0 Å². The number of pyridine rings is 1. The van der Waals surface area contributed by atoms with Gasteiger partial charge in [0.1, 0.15) is 5.82 Å². The fourth-order valence-corrected chi connectivity index (χ4v) is 1.97. The number of aliphatic hydroxyl groups excluding tert-OH is 1. The van der Waals surface area contributed by atoms with Crippen molar-refractivity contribution in [2.75, 3.05) is 18.5 Å². The van der Waals surface area contributed by atoms with Crippen LogP contribution in [0.25, 0.3) is 6.08 Å². The van der Waals surface area contributed by atoms with Gasteiger partial charge in [-0.15, -0.1) is 0 Å². The lowest BCUT2D eigenvalue weighted by Gasteiger charge is -2.32. The van der Waals surface area contributed by atoms with Gasteiger partial charge in [-0.2, -0.15) is 0 Å². The Morgan fingerprint density at radius 2 is 1.90 bits per heavy atom. The van der Waals surface area contributed by atoms with Gasteiger partial charge in [-0.05, 0) is 45.9 Å². The van der Waals surface area contributed by atoms with Gasteiger partial charge in [0.05, 0.1) is 23.5 Å². The van der Waals surface area contributed by atoms with E-state index in [1.54, 1.807) is 0 Å². The number of rotatable bonds is 5. The van der Waals surface area contributed by atoms with E-state index < -0.39 is 0 Å². The van der Waals surface area contributed by atoms with E-state index in [1.807, 2.05) is 57.9 Å². The summed E-state index contributed by atoms with van der Waals surface area (Å²) in [5, 5.41) is 11.8. The Morgan fingerprint density at radius 1 is 1.24 bits per heavy atom. The van der Waals surface area contributed by atoms with Gasteiger partial charge in [-0.1, -0.05) is 12.0 Å². The van der Waals surface area contributed by atoms with E-state index in [1.165, 1.54) is 0 Å². The lowest BCUT2D eigenvalue weighted by Crippen LogP contribution is -2.41. The molecule has 0 spiro atoms. The monoisotopic (exact) mass is 290 g/mol. The van der Waals surface area contributed by atoms with Crippen LogP contribution in [-0.2, 0) is 9.31 Å². The molecule has 6 heteroatoms. The van der Waals surface area contributed by atoms with Crippen LogP contribution in [0.1, 0.15) is 33.4 Å². The Balaban J connectivity index is 2.02. The van der Waals surface area contributed by atoms with Crippen molar-refractivity contribution in [2.45, 2.75) is 38.9 Å². The van der Waals surface area contributed by atoms with Crippen LogP contribution in [0.3, 0.4) is 0 Å². The van der Waals surface area contributed by atoms with Gasteiger partial charge in [0.25, 0.3) is 0 Å². The Labute approximate surface area is 126 Å². The zero-order valence-electron chi connectivity index (χ0n) is 13.1. The van der Waals surface area contributed by atoms with Gasteiger partial charge in [-0.25, -0.2) is 4.98 Å². The normalized spacial score (nSPS) is 20.1. The predicted molar refractivity (Wildman–Crippen MR) is 84.9 cm³/mol. The zero-order chi connectivity index (χ0) is 15.5. The fourth-order valence-electron chi connectivity index (χ4n) is 1.97. The molecule has 1 saturated heterocycles. The molecule has 0 amide bonds. The number of hydrogen-bond acceptors (Lipinski definition) is 5. The molecule has 21 heavy (non-hydrogen) atoms. The molecule has 1 aliphatic rings. The molecule has 2 N–H and O–H groups in total. The van der Waals surface area contributed by atoms with Crippen LogP contribution in [-0.4, -0.2) is 41.6 Å². The Morgan fingerprint density at radius 3 is 2.52 bits per heavy atom. The largest absolute Gasteiger partial charge is 0.487 e. The maximum Gasteiger partial charge on any atom is 0.487 e. The first-order valence-corrected chi connectivity index (χ1v) is 7.20. The molecule has 2 rings (SSSR count). The topological polar surface area (TPSA) is 63.6 Å². The predicted octanol–water partition coefficient (Wildman–Crippen LogP) is 2.13. The smallest absolute Gasteiger partial charge is 0.400 e. The molecule has 1 aliphatic heterocycles. The molecule has 0 aliphatic carbocycles. The van der Waals surface area contributed by atoms with Crippen molar-refractivity contribution in [3.8, 4) is 0 Å². The summed E-state index contributed by atoms with van der Waals surface area (Å²) in [6.45, 7) is 8.67. The van der Waals surface area contributed by atoms with E-state index in [2.05, 4.69) is 10.3 Å². The van der Waals surface area contributed by atoms with Gasteiger partial charge in [-0.3, -0.25) is 0 Å². The van der Waals surface area contributed by atoms with Gasteiger partial charge >= 0.3 is 7.12 Å². The van der Waals surface area contributed by atoms with Crippen LogP contribution in [0.4, 0.5) is 5.82 Å². The third kappa shape index (κ3) is 3.84. The van der Waals surface area contributed by atoms with Crippen LogP contribution in [0, 0.1) is 0 Å². The first-order chi connectivity index (χ1) is 9.84. The highest BCUT2D eigenvalue weighted by molar-refractivity contribution is 6.52. The molecule has 114 valence electrons. The van der Waals surface area contributed by atoms with Crippen LogP contribution in [0.5, 0.6) is 0 Å². The third-order valence-electron chi connectivity index (χ3n) is 3.88. The molecule has 2 heterocycles. The van der Waals surface area contributed by atoms with Crippen LogP contribution in [0.2, 0.25) is 0 Å². The van der Waals surface area contributed by atoms with E-state index in [-0.39, 0.29) is 24.9 Å². The van der Waals surface area contributed by atoms with Crippen LogP contribution in [0.15, 0.2) is 24.2 Å². The summed E-state index contributed by atoms with van der Waals surface area (Å²) in [5.41, 5.74) is 0.146. The average molecular weight is 290 g/mol. The third-order valence-corrected chi connectivity index (χ3v) is 3.88. The highest BCUT2D eigenvalue weighted by atomic mass is 16.7. The standard InChI is InChI=1S/C15H23BN2O3/c1-14(2)15(3,4)21-16(20-14)9-8-12-6-5-7-13(18-12)17-10-11-19/h5-9,19H,10-11H2,1-4H3,(H,17,18)/b9-8+. The molecule has 0 unspecified atom stereocenters. The van der Waals surface area contributed by atoms with Crippen molar-refractivity contribution in [3.63, 3.8) is 0 Å². The molecule has 1 aromatic heterocycles.